The smallest absolute Gasteiger partial charge is 0.381 e. The molecule has 2 aliphatic carbocycles. The molecule has 196 valence electrons. The van der Waals surface area contributed by atoms with Crippen molar-refractivity contribution >= 4 is 5.91 Å². The number of rotatable bonds is 6. The number of nitrogens with one attached hydrogen (secondary N) is 1. The van der Waals surface area contributed by atoms with Crippen LogP contribution in [0.4, 0.5) is 13.2 Å². The molecule has 2 saturated carbocycles. The number of carbonyl (C=O) groups is 1. The summed E-state index contributed by atoms with van der Waals surface area (Å²) >= 11 is 0. The SMILES string of the molecule is Cc1c(C(=O)NC2CCOCC2)cc(-c2cc(C(F)(F)F)cc(C3(C)CC3)c2)n1CC1CCCCC1. The van der Waals surface area contributed by atoms with Gasteiger partial charge in [-0.2, -0.15) is 13.2 Å². The fourth-order valence-corrected chi connectivity index (χ4v) is 5.85. The topological polar surface area (TPSA) is 43.3 Å². The molecule has 5 rings (SSSR count). The summed E-state index contributed by atoms with van der Waals surface area (Å²) in [7, 11) is 0. The van der Waals surface area contributed by atoms with Crippen molar-refractivity contribution in [3.63, 3.8) is 0 Å². The predicted octanol–water partition coefficient (Wildman–Crippen LogP) is 7.02. The molecule has 0 spiro atoms. The zero-order chi connectivity index (χ0) is 25.5. The van der Waals surface area contributed by atoms with E-state index >= 15 is 0 Å². The molecule has 1 aromatic carbocycles. The van der Waals surface area contributed by atoms with Crippen molar-refractivity contribution in [1.82, 2.24) is 9.88 Å². The Kier molecular flexibility index (Phi) is 6.96. The molecule has 1 saturated heterocycles. The number of amides is 1. The fourth-order valence-electron chi connectivity index (χ4n) is 5.85. The lowest BCUT2D eigenvalue weighted by Gasteiger charge is -2.25. The number of nitrogens with zero attached hydrogens (tertiary/aromatic N) is 1. The number of benzene rings is 1. The molecular formula is C29H37F3N2O2. The van der Waals surface area contributed by atoms with Crippen molar-refractivity contribution in [1.29, 1.82) is 0 Å². The van der Waals surface area contributed by atoms with E-state index in [0.717, 1.165) is 56.3 Å². The van der Waals surface area contributed by atoms with Gasteiger partial charge in [-0.05, 0) is 92.2 Å². The van der Waals surface area contributed by atoms with Crippen LogP contribution in [0.15, 0.2) is 24.3 Å². The number of halogens is 3. The summed E-state index contributed by atoms with van der Waals surface area (Å²) in [5.41, 5.74) is 2.59. The number of alkyl halides is 3. The quantitative estimate of drug-likeness (QED) is 0.461. The summed E-state index contributed by atoms with van der Waals surface area (Å²) < 4.78 is 49.3. The van der Waals surface area contributed by atoms with Crippen LogP contribution in [0.1, 0.15) is 91.9 Å². The number of aromatic nitrogens is 1. The van der Waals surface area contributed by atoms with E-state index in [1.54, 1.807) is 0 Å². The van der Waals surface area contributed by atoms with E-state index in [9.17, 15) is 18.0 Å². The van der Waals surface area contributed by atoms with E-state index in [1.165, 1.54) is 31.4 Å². The monoisotopic (exact) mass is 502 g/mol. The molecule has 0 radical (unpaired) electrons. The van der Waals surface area contributed by atoms with Gasteiger partial charge in [0.1, 0.15) is 0 Å². The van der Waals surface area contributed by atoms with Crippen molar-refractivity contribution in [2.24, 2.45) is 5.92 Å². The van der Waals surface area contributed by atoms with Gasteiger partial charge < -0.3 is 14.6 Å². The van der Waals surface area contributed by atoms with Crippen LogP contribution in [0, 0.1) is 12.8 Å². The molecule has 2 aromatic rings. The lowest BCUT2D eigenvalue weighted by atomic mass is 9.89. The maximum Gasteiger partial charge on any atom is 0.416 e. The number of carbonyl (C=O) groups excluding carboxylic acids is 1. The van der Waals surface area contributed by atoms with E-state index < -0.39 is 11.7 Å². The molecule has 0 bridgehead atoms. The number of hydrogen-bond donors (Lipinski definition) is 1. The van der Waals surface area contributed by atoms with E-state index in [4.69, 9.17) is 4.74 Å². The molecule has 7 heteroatoms. The van der Waals surface area contributed by atoms with Crippen molar-refractivity contribution in [3.05, 3.63) is 46.6 Å². The second-order valence-corrected chi connectivity index (χ2v) is 11.4. The molecule has 3 fully saturated rings. The molecule has 1 aliphatic heterocycles. The van der Waals surface area contributed by atoms with Gasteiger partial charge in [0.15, 0.2) is 0 Å². The van der Waals surface area contributed by atoms with Crippen LogP contribution in [-0.2, 0) is 22.9 Å². The van der Waals surface area contributed by atoms with E-state index in [1.807, 2.05) is 26.0 Å². The first-order chi connectivity index (χ1) is 17.1. The minimum absolute atomic E-state index is 0.0609. The predicted molar refractivity (Wildman–Crippen MR) is 134 cm³/mol. The number of hydrogen-bond acceptors (Lipinski definition) is 2. The summed E-state index contributed by atoms with van der Waals surface area (Å²) in [6.07, 6.45) is 4.76. The standard InChI is InChI=1S/C29H37F3N2O2/c1-19-25(27(35)33-24-8-12-36-13-9-24)17-26(34(19)18-20-6-4-3-5-7-20)21-14-22(28(2)10-11-28)16-23(15-21)29(30,31)32/h14-17,20,24H,3-13,18H2,1-2H3,(H,33,35). The van der Waals surface area contributed by atoms with Gasteiger partial charge in [0, 0.05) is 37.2 Å². The van der Waals surface area contributed by atoms with Crippen LogP contribution in [0.3, 0.4) is 0 Å². The van der Waals surface area contributed by atoms with Crippen LogP contribution in [0.25, 0.3) is 11.3 Å². The van der Waals surface area contributed by atoms with Crippen molar-refractivity contribution < 1.29 is 22.7 Å². The first kappa shape index (κ1) is 25.4. The van der Waals surface area contributed by atoms with Crippen LogP contribution in [0.2, 0.25) is 0 Å². The first-order valence-corrected chi connectivity index (χ1v) is 13.5. The largest absolute Gasteiger partial charge is 0.416 e. The minimum Gasteiger partial charge on any atom is -0.381 e. The molecule has 1 amide bonds. The van der Waals surface area contributed by atoms with Crippen molar-refractivity contribution in [2.45, 2.75) is 95.8 Å². The lowest BCUT2D eigenvalue weighted by molar-refractivity contribution is -0.137. The molecule has 0 unspecified atom stereocenters. The van der Waals surface area contributed by atoms with Crippen LogP contribution >= 0.6 is 0 Å². The number of ether oxygens (including phenoxy) is 1. The summed E-state index contributed by atoms with van der Waals surface area (Å²) in [6.45, 7) is 5.95. The zero-order valence-corrected chi connectivity index (χ0v) is 21.3. The summed E-state index contributed by atoms with van der Waals surface area (Å²) in [5.74, 6) is 0.325. The highest BCUT2D eigenvalue weighted by Gasteiger charge is 2.41. The maximum atomic E-state index is 13.9. The van der Waals surface area contributed by atoms with Gasteiger partial charge in [-0.15, -0.1) is 0 Å². The van der Waals surface area contributed by atoms with Crippen molar-refractivity contribution in [2.75, 3.05) is 13.2 Å². The van der Waals surface area contributed by atoms with E-state index in [2.05, 4.69) is 9.88 Å². The minimum atomic E-state index is -4.42. The van der Waals surface area contributed by atoms with Gasteiger partial charge in [-0.25, -0.2) is 0 Å². The van der Waals surface area contributed by atoms with Gasteiger partial charge in [0.2, 0.25) is 0 Å². The van der Waals surface area contributed by atoms with E-state index in [-0.39, 0.29) is 17.4 Å². The molecule has 0 atom stereocenters. The highest BCUT2D eigenvalue weighted by atomic mass is 19.4. The summed E-state index contributed by atoms with van der Waals surface area (Å²) in [6, 6.07) is 6.39. The first-order valence-electron chi connectivity index (χ1n) is 13.5. The Balaban J connectivity index is 1.56. The lowest BCUT2D eigenvalue weighted by Crippen LogP contribution is -2.39. The fraction of sp³-hybridized carbons (Fsp3) is 0.621. The van der Waals surface area contributed by atoms with Crippen LogP contribution in [0.5, 0.6) is 0 Å². The third-order valence-electron chi connectivity index (χ3n) is 8.59. The highest BCUT2D eigenvalue weighted by Crippen LogP contribution is 2.50. The normalized spacial score (nSPS) is 20.9. The second kappa shape index (κ2) is 9.88. The molecule has 36 heavy (non-hydrogen) atoms. The molecule has 1 N–H and O–H groups in total. The maximum absolute atomic E-state index is 13.9. The molecule has 4 nitrogen and oxygen atoms in total. The highest BCUT2D eigenvalue weighted by molar-refractivity contribution is 5.97. The summed E-state index contributed by atoms with van der Waals surface area (Å²) in [4.78, 5) is 13.3. The Morgan fingerprint density at radius 2 is 1.75 bits per heavy atom. The van der Waals surface area contributed by atoms with E-state index in [0.29, 0.717) is 36.0 Å². The van der Waals surface area contributed by atoms with Gasteiger partial charge in [0.05, 0.1) is 11.1 Å². The van der Waals surface area contributed by atoms with Crippen LogP contribution in [-0.4, -0.2) is 29.7 Å². The molecule has 1 aromatic heterocycles. The Labute approximate surface area is 211 Å². The average Bonchev–Trinajstić information content (AvgIpc) is 3.54. The second-order valence-electron chi connectivity index (χ2n) is 11.4. The molecular weight excluding hydrogens is 465 g/mol. The third-order valence-corrected chi connectivity index (χ3v) is 8.59. The average molecular weight is 503 g/mol. The third kappa shape index (κ3) is 5.36. The molecule has 2 heterocycles. The van der Waals surface area contributed by atoms with Crippen LogP contribution < -0.4 is 5.32 Å². The van der Waals surface area contributed by atoms with Crippen molar-refractivity contribution in [3.8, 4) is 11.3 Å². The Hall–Kier alpha value is -2.28. The van der Waals surface area contributed by atoms with Gasteiger partial charge in [-0.3, -0.25) is 4.79 Å². The van der Waals surface area contributed by atoms with Gasteiger partial charge in [-0.1, -0.05) is 26.2 Å². The zero-order valence-electron chi connectivity index (χ0n) is 21.3. The van der Waals surface area contributed by atoms with Gasteiger partial charge >= 0.3 is 6.18 Å². The summed E-state index contributed by atoms with van der Waals surface area (Å²) in [5, 5.41) is 3.14. The molecule has 3 aliphatic rings. The Bertz CT molecular complexity index is 1080. The Morgan fingerprint density at radius 3 is 2.39 bits per heavy atom. The van der Waals surface area contributed by atoms with Gasteiger partial charge in [0.25, 0.3) is 5.91 Å². The Morgan fingerprint density at radius 1 is 1.06 bits per heavy atom.